The number of carbonyl (C=O) groups is 1. The molecule has 0 fully saturated rings. The number of carboxylic acids is 1. The van der Waals surface area contributed by atoms with Crippen LogP contribution in [0.2, 0.25) is 0 Å². The molecule has 0 aromatic heterocycles. The molecule has 0 radical (unpaired) electrons. The molecule has 0 unspecified atom stereocenters. The molecule has 2 aromatic carbocycles. The molecule has 0 bridgehead atoms. The van der Waals surface area contributed by atoms with Crippen LogP contribution in [0, 0.1) is 17.0 Å². The number of nitrogens with zero attached hydrogens (tertiary/aromatic N) is 1. The molecule has 108 valence electrons. The summed E-state index contributed by atoms with van der Waals surface area (Å²) < 4.78 is 0. The average molecular weight is 286 g/mol. The van der Waals surface area contributed by atoms with E-state index in [1.807, 2.05) is 6.92 Å². The van der Waals surface area contributed by atoms with Gasteiger partial charge in [-0.25, -0.2) is 4.79 Å². The van der Waals surface area contributed by atoms with Crippen molar-refractivity contribution in [3.05, 3.63) is 69.3 Å². The SMILES string of the molecule is Cc1ccc(C(=O)O)c(NCc2cccc([N+](=O)[O-])c2)c1. The lowest BCUT2D eigenvalue weighted by Crippen LogP contribution is -2.07. The molecule has 2 rings (SSSR count). The van der Waals surface area contributed by atoms with Gasteiger partial charge >= 0.3 is 5.97 Å². The Bertz CT molecular complexity index is 698. The standard InChI is InChI=1S/C15H14N2O4/c1-10-5-6-13(15(18)19)14(7-10)16-9-11-3-2-4-12(8-11)17(20)21/h2-8,16H,9H2,1H3,(H,18,19). The quantitative estimate of drug-likeness (QED) is 0.650. The van der Waals surface area contributed by atoms with Crippen molar-refractivity contribution in [2.24, 2.45) is 0 Å². The first-order chi connectivity index (χ1) is 9.97. The van der Waals surface area contributed by atoms with Crippen LogP contribution in [0.3, 0.4) is 0 Å². The van der Waals surface area contributed by atoms with E-state index in [4.69, 9.17) is 5.11 Å². The van der Waals surface area contributed by atoms with Crippen LogP contribution in [0.4, 0.5) is 11.4 Å². The molecule has 0 spiro atoms. The van der Waals surface area contributed by atoms with E-state index in [2.05, 4.69) is 5.32 Å². The number of hydrogen-bond donors (Lipinski definition) is 2. The van der Waals surface area contributed by atoms with E-state index in [1.165, 1.54) is 18.2 Å². The first kappa shape index (κ1) is 14.5. The van der Waals surface area contributed by atoms with Crippen molar-refractivity contribution in [3.8, 4) is 0 Å². The predicted octanol–water partition coefficient (Wildman–Crippen LogP) is 3.21. The highest BCUT2D eigenvalue weighted by molar-refractivity contribution is 5.94. The maximum Gasteiger partial charge on any atom is 0.337 e. The van der Waals surface area contributed by atoms with Gasteiger partial charge in [0.1, 0.15) is 0 Å². The minimum Gasteiger partial charge on any atom is -0.478 e. The van der Waals surface area contributed by atoms with Crippen molar-refractivity contribution >= 4 is 17.3 Å². The Morgan fingerprint density at radius 3 is 2.71 bits per heavy atom. The molecule has 0 heterocycles. The largest absolute Gasteiger partial charge is 0.478 e. The number of rotatable bonds is 5. The number of non-ortho nitro benzene ring substituents is 1. The topological polar surface area (TPSA) is 92.5 Å². The Morgan fingerprint density at radius 2 is 2.05 bits per heavy atom. The van der Waals surface area contributed by atoms with Crippen LogP contribution in [-0.4, -0.2) is 16.0 Å². The third-order valence-corrected chi connectivity index (χ3v) is 3.01. The fourth-order valence-electron chi connectivity index (χ4n) is 1.97. The van der Waals surface area contributed by atoms with Crippen LogP contribution < -0.4 is 5.32 Å². The van der Waals surface area contributed by atoms with Crippen LogP contribution >= 0.6 is 0 Å². The van der Waals surface area contributed by atoms with Crippen molar-refractivity contribution in [2.75, 3.05) is 5.32 Å². The van der Waals surface area contributed by atoms with Crippen molar-refractivity contribution in [3.63, 3.8) is 0 Å². The number of nitro benzene ring substituents is 1. The minimum absolute atomic E-state index is 0.0111. The maximum absolute atomic E-state index is 11.2. The zero-order chi connectivity index (χ0) is 15.4. The Labute approximate surface area is 121 Å². The van der Waals surface area contributed by atoms with Crippen molar-refractivity contribution in [2.45, 2.75) is 13.5 Å². The van der Waals surface area contributed by atoms with E-state index >= 15 is 0 Å². The number of aromatic carboxylic acids is 1. The van der Waals surface area contributed by atoms with E-state index in [0.29, 0.717) is 17.8 Å². The summed E-state index contributed by atoms with van der Waals surface area (Å²) in [7, 11) is 0. The average Bonchev–Trinajstić information content (AvgIpc) is 2.45. The monoisotopic (exact) mass is 286 g/mol. The summed E-state index contributed by atoms with van der Waals surface area (Å²) in [4.78, 5) is 21.4. The van der Waals surface area contributed by atoms with Gasteiger partial charge in [-0.2, -0.15) is 0 Å². The predicted molar refractivity (Wildman–Crippen MR) is 78.6 cm³/mol. The number of aryl methyl sites for hydroxylation is 1. The molecule has 0 aliphatic carbocycles. The van der Waals surface area contributed by atoms with Gasteiger partial charge in [-0.3, -0.25) is 10.1 Å². The highest BCUT2D eigenvalue weighted by Gasteiger charge is 2.10. The minimum atomic E-state index is -1.02. The zero-order valence-electron chi connectivity index (χ0n) is 11.4. The number of hydrogen-bond acceptors (Lipinski definition) is 4. The fraction of sp³-hybridized carbons (Fsp3) is 0.133. The van der Waals surface area contributed by atoms with Crippen LogP contribution in [-0.2, 0) is 6.54 Å². The molecule has 0 saturated heterocycles. The lowest BCUT2D eigenvalue weighted by molar-refractivity contribution is -0.384. The van der Waals surface area contributed by atoms with E-state index in [0.717, 1.165) is 5.56 Å². The maximum atomic E-state index is 11.2. The van der Waals surface area contributed by atoms with E-state index in [9.17, 15) is 14.9 Å². The van der Waals surface area contributed by atoms with Crippen LogP contribution in [0.15, 0.2) is 42.5 Å². The normalized spacial score (nSPS) is 10.1. The number of carboxylic acid groups (broad SMARTS) is 1. The van der Waals surface area contributed by atoms with Crippen LogP contribution in [0.1, 0.15) is 21.5 Å². The van der Waals surface area contributed by atoms with E-state index in [1.54, 1.807) is 24.3 Å². The number of benzene rings is 2. The summed E-state index contributed by atoms with van der Waals surface area (Å²) in [5.41, 5.74) is 2.32. The van der Waals surface area contributed by atoms with E-state index < -0.39 is 10.9 Å². The second kappa shape index (κ2) is 6.04. The molecule has 6 heteroatoms. The highest BCUT2D eigenvalue weighted by atomic mass is 16.6. The second-order valence-electron chi connectivity index (χ2n) is 4.63. The smallest absolute Gasteiger partial charge is 0.337 e. The molecule has 6 nitrogen and oxygen atoms in total. The first-order valence-electron chi connectivity index (χ1n) is 6.28. The summed E-state index contributed by atoms with van der Waals surface area (Å²) in [6.45, 7) is 2.18. The van der Waals surface area contributed by atoms with Gasteiger partial charge in [0.15, 0.2) is 0 Å². The third-order valence-electron chi connectivity index (χ3n) is 3.01. The van der Waals surface area contributed by atoms with Crippen molar-refractivity contribution in [1.29, 1.82) is 0 Å². The Balaban J connectivity index is 2.20. The molecule has 0 aliphatic rings. The zero-order valence-corrected chi connectivity index (χ0v) is 11.4. The van der Waals surface area contributed by atoms with Gasteiger partial charge in [0, 0.05) is 24.4 Å². The molecule has 2 aromatic rings. The summed E-state index contributed by atoms with van der Waals surface area (Å²) in [6.07, 6.45) is 0. The highest BCUT2D eigenvalue weighted by Crippen LogP contribution is 2.20. The molecule has 0 aliphatic heterocycles. The molecular formula is C15H14N2O4. The molecule has 21 heavy (non-hydrogen) atoms. The molecular weight excluding hydrogens is 272 g/mol. The number of anilines is 1. The lowest BCUT2D eigenvalue weighted by Gasteiger charge is -2.10. The second-order valence-corrected chi connectivity index (χ2v) is 4.63. The summed E-state index contributed by atoms with van der Waals surface area (Å²) in [5, 5.41) is 22.9. The summed E-state index contributed by atoms with van der Waals surface area (Å²) >= 11 is 0. The summed E-state index contributed by atoms with van der Waals surface area (Å²) in [6, 6.07) is 11.2. The molecule has 0 amide bonds. The summed E-state index contributed by atoms with van der Waals surface area (Å²) in [5.74, 6) is -1.02. The van der Waals surface area contributed by atoms with Crippen molar-refractivity contribution < 1.29 is 14.8 Å². The molecule has 0 atom stereocenters. The van der Waals surface area contributed by atoms with E-state index in [-0.39, 0.29) is 11.3 Å². The van der Waals surface area contributed by atoms with Gasteiger partial charge < -0.3 is 10.4 Å². The van der Waals surface area contributed by atoms with Gasteiger partial charge in [-0.15, -0.1) is 0 Å². The molecule has 0 saturated carbocycles. The lowest BCUT2D eigenvalue weighted by atomic mass is 10.1. The van der Waals surface area contributed by atoms with Gasteiger partial charge in [0.2, 0.25) is 0 Å². The Kier molecular flexibility index (Phi) is 4.18. The Hall–Kier alpha value is -2.89. The number of nitro groups is 1. The van der Waals surface area contributed by atoms with Crippen molar-refractivity contribution in [1.82, 2.24) is 0 Å². The van der Waals surface area contributed by atoms with Gasteiger partial charge in [0.25, 0.3) is 5.69 Å². The van der Waals surface area contributed by atoms with Crippen LogP contribution in [0.25, 0.3) is 0 Å². The first-order valence-corrected chi connectivity index (χ1v) is 6.28. The van der Waals surface area contributed by atoms with Gasteiger partial charge in [-0.05, 0) is 30.2 Å². The Morgan fingerprint density at radius 1 is 1.29 bits per heavy atom. The number of nitrogens with one attached hydrogen (secondary N) is 1. The van der Waals surface area contributed by atoms with Gasteiger partial charge in [0.05, 0.1) is 10.5 Å². The van der Waals surface area contributed by atoms with Gasteiger partial charge in [-0.1, -0.05) is 18.2 Å². The fourth-order valence-corrected chi connectivity index (χ4v) is 1.97. The van der Waals surface area contributed by atoms with Crippen LogP contribution in [0.5, 0.6) is 0 Å². The molecule has 2 N–H and O–H groups in total. The third kappa shape index (κ3) is 3.56.